The van der Waals surface area contributed by atoms with Crippen molar-refractivity contribution in [3.8, 4) is 0 Å². The Labute approximate surface area is 65.5 Å². The van der Waals surface area contributed by atoms with E-state index in [9.17, 15) is 10.1 Å². The van der Waals surface area contributed by atoms with Crippen molar-refractivity contribution in [1.82, 2.24) is 0 Å². The lowest BCUT2D eigenvalue weighted by Crippen LogP contribution is -2.29. The maximum absolute atomic E-state index is 10.2. The van der Waals surface area contributed by atoms with Crippen molar-refractivity contribution in [2.75, 3.05) is 0 Å². The second-order valence-corrected chi connectivity index (χ2v) is 3.81. The van der Waals surface area contributed by atoms with E-state index in [4.69, 9.17) is 11.6 Å². The van der Waals surface area contributed by atoms with Crippen LogP contribution < -0.4 is 0 Å². The molecule has 1 unspecified atom stereocenters. The minimum atomic E-state index is -1.28. The van der Waals surface area contributed by atoms with Gasteiger partial charge in [-0.2, -0.15) is 0 Å². The number of nitrogens with zero attached hydrogens (tertiary/aromatic N) is 1. The molecule has 0 spiro atoms. The number of halogens is 1. The summed E-state index contributed by atoms with van der Waals surface area (Å²) < 4.78 is 0. The van der Waals surface area contributed by atoms with Crippen molar-refractivity contribution in [1.29, 1.82) is 0 Å². The Morgan fingerprint density at radius 3 is 2.20 bits per heavy atom. The normalized spacial score (nSPS) is 16.9. The first-order chi connectivity index (χ1) is 4.36. The predicted molar refractivity (Wildman–Crippen MR) is 40.7 cm³/mol. The highest BCUT2D eigenvalue weighted by Crippen LogP contribution is 2.23. The van der Waals surface area contributed by atoms with E-state index in [0.717, 1.165) is 0 Å². The molecule has 10 heavy (non-hydrogen) atoms. The fourth-order valence-corrected chi connectivity index (χ4v) is 1.13. The Bertz CT molecular complexity index is 134. The zero-order valence-corrected chi connectivity index (χ0v) is 7.18. The van der Waals surface area contributed by atoms with Crippen molar-refractivity contribution in [3.63, 3.8) is 0 Å². The average molecular weight is 166 g/mol. The van der Waals surface area contributed by atoms with Gasteiger partial charge in [-0.1, -0.05) is 13.8 Å². The standard InChI is InChI=1S/C6H12ClNO2/c1-5(2)4-6(3,7)8(9)10/h5H,4H2,1-3H3. The van der Waals surface area contributed by atoms with Crippen LogP contribution in [0, 0.1) is 16.0 Å². The molecule has 0 aromatic carbocycles. The lowest BCUT2D eigenvalue weighted by Gasteiger charge is -2.14. The van der Waals surface area contributed by atoms with E-state index in [1.54, 1.807) is 0 Å². The Kier molecular flexibility index (Phi) is 3.09. The molecule has 0 saturated heterocycles. The number of nitro groups is 1. The van der Waals surface area contributed by atoms with E-state index in [-0.39, 0.29) is 5.92 Å². The van der Waals surface area contributed by atoms with Crippen molar-refractivity contribution in [2.45, 2.75) is 32.2 Å². The van der Waals surface area contributed by atoms with E-state index in [1.165, 1.54) is 6.92 Å². The molecule has 4 heteroatoms. The third kappa shape index (κ3) is 3.01. The van der Waals surface area contributed by atoms with Crippen LogP contribution in [0.15, 0.2) is 0 Å². The Balaban J connectivity index is 4.00. The monoisotopic (exact) mass is 165 g/mol. The van der Waals surface area contributed by atoms with Gasteiger partial charge in [-0.05, 0) is 17.5 Å². The van der Waals surface area contributed by atoms with Gasteiger partial charge in [0.15, 0.2) is 0 Å². The minimum absolute atomic E-state index is 0.257. The first-order valence-corrected chi connectivity index (χ1v) is 3.57. The Morgan fingerprint density at radius 2 is 2.10 bits per heavy atom. The Hall–Kier alpha value is -0.310. The van der Waals surface area contributed by atoms with Gasteiger partial charge < -0.3 is 0 Å². The van der Waals surface area contributed by atoms with E-state index in [2.05, 4.69) is 0 Å². The molecular formula is C6H12ClNO2. The van der Waals surface area contributed by atoms with Crippen LogP contribution >= 0.6 is 11.6 Å². The summed E-state index contributed by atoms with van der Waals surface area (Å²) >= 11 is 5.57. The summed E-state index contributed by atoms with van der Waals surface area (Å²) in [6.45, 7) is 5.24. The molecule has 3 nitrogen and oxygen atoms in total. The summed E-state index contributed by atoms with van der Waals surface area (Å²) in [5.74, 6) is 0.257. The molecule has 0 fully saturated rings. The molecule has 0 radical (unpaired) electrons. The number of rotatable bonds is 3. The number of hydrogen-bond donors (Lipinski definition) is 0. The van der Waals surface area contributed by atoms with Gasteiger partial charge in [0.1, 0.15) is 0 Å². The van der Waals surface area contributed by atoms with Gasteiger partial charge in [-0.25, -0.2) is 0 Å². The van der Waals surface area contributed by atoms with Crippen molar-refractivity contribution in [3.05, 3.63) is 10.1 Å². The maximum atomic E-state index is 10.2. The molecule has 60 valence electrons. The number of alkyl halides is 1. The zero-order chi connectivity index (χ0) is 8.36. The lowest BCUT2D eigenvalue weighted by atomic mass is 10.1. The molecule has 0 saturated carbocycles. The summed E-state index contributed by atoms with van der Waals surface area (Å²) in [6, 6.07) is 0. The summed E-state index contributed by atoms with van der Waals surface area (Å²) in [7, 11) is 0. The third-order valence-corrected chi connectivity index (χ3v) is 1.45. The molecule has 0 aliphatic heterocycles. The van der Waals surface area contributed by atoms with Crippen LogP contribution in [-0.4, -0.2) is 9.92 Å². The Morgan fingerprint density at radius 1 is 1.70 bits per heavy atom. The van der Waals surface area contributed by atoms with Crippen LogP contribution in [-0.2, 0) is 0 Å². The van der Waals surface area contributed by atoms with Gasteiger partial charge in [0.05, 0.1) is 0 Å². The molecular weight excluding hydrogens is 154 g/mol. The predicted octanol–water partition coefficient (Wildman–Crippen LogP) is 2.26. The fourth-order valence-electron chi connectivity index (χ4n) is 0.820. The number of hydrogen-bond acceptors (Lipinski definition) is 2. The van der Waals surface area contributed by atoms with Crippen LogP contribution in [0.2, 0.25) is 0 Å². The van der Waals surface area contributed by atoms with Gasteiger partial charge >= 0.3 is 0 Å². The van der Waals surface area contributed by atoms with Gasteiger partial charge in [-0.15, -0.1) is 0 Å². The van der Waals surface area contributed by atoms with Crippen molar-refractivity contribution < 1.29 is 4.92 Å². The molecule has 0 aliphatic carbocycles. The lowest BCUT2D eigenvalue weighted by molar-refractivity contribution is -0.539. The minimum Gasteiger partial charge on any atom is -0.263 e. The highest BCUT2D eigenvalue weighted by atomic mass is 35.5. The van der Waals surface area contributed by atoms with E-state index in [1.807, 2.05) is 13.8 Å². The highest BCUT2D eigenvalue weighted by Gasteiger charge is 2.34. The van der Waals surface area contributed by atoms with E-state index < -0.39 is 9.92 Å². The first-order valence-electron chi connectivity index (χ1n) is 3.19. The van der Waals surface area contributed by atoms with Gasteiger partial charge in [-0.3, -0.25) is 10.1 Å². The van der Waals surface area contributed by atoms with Crippen molar-refractivity contribution >= 4 is 11.6 Å². The molecule has 0 aromatic heterocycles. The fraction of sp³-hybridized carbons (Fsp3) is 1.00. The average Bonchev–Trinajstić information content (AvgIpc) is 1.60. The molecule has 0 aromatic rings. The van der Waals surface area contributed by atoms with Crippen LogP contribution in [0.4, 0.5) is 0 Å². The summed E-state index contributed by atoms with van der Waals surface area (Å²) in [5.41, 5.74) is 0. The van der Waals surface area contributed by atoms with Gasteiger partial charge in [0.25, 0.3) is 5.00 Å². The largest absolute Gasteiger partial charge is 0.292 e. The summed E-state index contributed by atoms with van der Waals surface area (Å²) in [6.07, 6.45) is 0.404. The highest BCUT2D eigenvalue weighted by molar-refractivity contribution is 6.22. The van der Waals surface area contributed by atoms with Gasteiger partial charge in [0, 0.05) is 18.3 Å². The second kappa shape index (κ2) is 3.19. The quantitative estimate of drug-likeness (QED) is 0.279. The SMILES string of the molecule is CC(C)CC(C)(Cl)[N+](=O)[O-]. The van der Waals surface area contributed by atoms with Crippen LogP contribution in [0.5, 0.6) is 0 Å². The molecule has 1 atom stereocenters. The van der Waals surface area contributed by atoms with E-state index >= 15 is 0 Å². The van der Waals surface area contributed by atoms with Crippen LogP contribution in [0.3, 0.4) is 0 Å². The van der Waals surface area contributed by atoms with Crippen molar-refractivity contribution in [2.24, 2.45) is 5.92 Å². The zero-order valence-electron chi connectivity index (χ0n) is 6.43. The first kappa shape index (κ1) is 9.69. The molecule has 0 N–H and O–H groups in total. The van der Waals surface area contributed by atoms with E-state index in [0.29, 0.717) is 6.42 Å². The van der Waals surface area contributed by atoms with Crippen LogP contribution in [0.1, 0.15) is 27.2 Å². The van der Waals surface area contributed by atoms with Crippen LogP contribution in [0.25, 0.3) is 0 Å². The third-order valence-electron chi connectivity index (χ3n) is 1.16. The molecule has 0 aliphatic rings. The molecule has 0 amide bonds. The second-order valence-electron chi connectivity index (χ2n) is 3.00. The summed E-state index contributed by atoms with van der Waals surface area (Å²) in [4.78, 5) is 8.50. The smallest absolute Gasteiger partial charge is 0.263 e. The maximum Gasteiger partial charge on any atom is 0.292 e. The molecule has 0 heterocycles. The molecule has 0 rings (SSSR count). The van der Waals surface area contributed by atoms with Gasteiger partial charge in [0.2, 0.25) is 0 Å². The summed E-state index contributed by atoms with van der Waals surface area (Å²) in [5, 5.41) is 10.2. The topological polar surface area (TPSA) is 43.1 Å². The molecule has 0 bridgehead atoms.